The summed E-state index contributed by atoms with van der Waals surface area (Å²) in [5.41, 5.74) is 1.28. The van der Waals surface area contributed by atoms with Gasteiger partial charge in [0.1, 0.15) is 5.75 Å². The van der Waals surface area contributed by atoms with Crippen molar-refractivity contribution < 1.29 is 4.74 Å². The predicted molar refractivity (Wildman–Crippen MR) is 68.3 cm³/mol. The summed E-state index contributed by atoms with van der Waals surface area (Å²) in [4.78, 5) is 0. The summed E-state index contributed by atoms with van der Waals surface area (Å²) in [6.07, 6.45) is 6.27. The summed E-state index contributed by atoms with van der Waals surface area (Å²) in [6.45, 7) is 0. The van der Waals surface area contributed by atoms with Gasteiger partial charge in [-0.05, 0) is 36.5 Å². The summed E-state index contributed by atoms with van der Waals surface area (Å²) in [5, 5.41) is 0.275. The number of ether oxygens (including phenoxy) is 1. The average molecular weight is 239 g/mol. The van der Waals surface area contributed by atoms with Crippen LogP contribution in [0.5, 0.6) is 5.75 Å². The average Bonchev–Trinajstić information content (AvgIpc) is 2.24. The lowest BCUT2D eigenvalue weighted by Gasteiger charge is -2.27. The molecule has 1 atom stereocenters. The molecule has 1 aliphatic rings. The molecule has 1 aliphatic carbocycles. The van der Waals surface area contributed by atoms with E-state index in [1.165, 1.54) is 31.2 Å². The minimum atomic E-state index is 0.275. The highest BCUT2D eigenvalue weighted by Crippen LogP contribution is 2.32. The maximum Gasteiger partial charge on any atom is 0.119 e. The number of halogens is 1. The molecule has 0 bridgehead atoms. The van der Waals surface area contributed by atoms with Crippen LogP contribution < -0.4 is 4.74 Å². The second kappa shape index (κ2) is 5.58. The van der Waals surface area contributed by atoms with Crippen molar-refractivity contribution >= 4 is 11.6 Å². The van der Waals surface area contributed by atoms with E-state index in [0.717, 1.165) is 18.1 Å². The molecule has 1 unspecified atom stereocenters. The highest BCUT2D eigenvalue weighted by atomic mass is 35.5. The molecule has 88 valence electrons. The van der Waals surface area contributed by atoms with Gasteiger partial charge in [0.05, 0.1) is 7.11 Å². The molecule has 0 N–H and O–H groups in total. The van der Waals surface area contributed by atoms with Crippen LogP contribution >= 0.6 is 11.6 Å². The van der Waals surface area contributed by atoms with Crippen molar-refractivity contribution in [3.63, 3.8) is 0 Å². The van der Waals surface area contributed by atoms with Crippen molar-refractivity contribution in [3.8, 4) is 5.75 Å². The Bertz CT molecular complexity index is 333. The second-order valence-corrected chi connectivity index (χ2v) is 5.30. The van der Waals surface area contributed by atoms with Crippen LogP contribution in [0.2, 0.25) is 0 Å². The summed E-state index contributed by atoms with van der Waals surface area (Å²) < 4.78 is 5.21. The van der Waals surface area contributed by atoms with Crippen LogP contribution in [0.25, 0.3) is 0 Å². The summed E-state index contributed by atoms with van der Waals surface area (Å²) in [7, 11) is 1.70. The molecule has 1 saturated carbocycles. The topological polar surface area (TPSA) is 9.23 Å². The molecular weight excluding hydrogens is 220 g/mol. The third kappa shape index (κ3) is 3.15. The van der Waals surface area contributed by atoms with Gasteiger partial charge >= 0.3 is 0 Å². The minimum absolute atomic E-state index is 0.275. The van der Waals surface area contributed by atoms with E-state index in [-0.39, 0.29) is 5.38 Å². The largest absolute Gasteiger partial charge is 0.497 e. The Morgan fingerprint density at radius 1 is 1.44 bits per heavy atom. The molecule has 0 saturated heterocycles. The Morgan fingerprint density at radius 3 is 2.88 bits per heavy atom. The summed E-state index contributed by atoms with van der Waals surface area (Å²) >= 11 is 6.38. The van der Waals surface area contributed by atoms with Crippen LogP contribution in [0.1, 0.15) is 31.2 Å². The van der Waals surface area contributed by atoms with Crippen LogP contribution in [0, 0.1) is 5.92 Å². The van der Waals surface area contributed by atoms with Crippen molar-refractivity contribution in [2.75, 3.05) is 7.11 Å². The lowest BCUT2D eigenvalue weighted by atomic mass is 9.81. The molecule has 1 aromatic rings. The number of rotatable bonds is 5. The maximum absolute atomic E-state index is 6.38. The zero-order chi connectivity index (χ0) is 11.4. The first-order valence-corrected chi connectivity index (χ1v) is 6.48. The van der Waals surface area contributed by atoms with Gasteiger partial charge in [-0.15, -0.1) is 11.6 Å². The summed E-state index contributed by atoms with van der Waals surface area (Å²) in [5.74, 6) is 1.80. The summed E-state index contributed by atoms with van der Waals surface area (Å²) in [6, 6.07) is 8.20. The zero-order valence-electron chi connectivity index (χ0n) is 9.79. The van der Waals surface area contributed by atoms with E-state index in [4.69, 9.17) is 16.3 Å². The number of hydrogen-bond donors (Lipinski definition) is 0. The van der Waals surface area contributed by atoms with Crippen molar-refractivity contribution in [2.24, 2.45) is 5.92 Å². The lowest BCUT2D eigenvalue weighted by molar-refractivity contribution is 0.292. The van der Waals surface area contributed by atoms with E-state index < -0.39 is 0 Å². The van der Waals surface area contributed by atoms with Gasteiger partial charge in [0, 0.05) is 5.38 Å². The molecule has 0 aromatic heterocycles. The van der Waals surface area contributed by atoms with E-state index in [1.54, 1.807) is 7.11 Å². The van der Waals surface area contributed by atoms with Crippen molar-refractivity contribution in [1.82, 2.24) is 0 Å². The zero-order valence-corrected chi connectivity index (χ0v) is 10.5. The van der Waals surface area contributed by atoms with Gasteiger partial charge < -0.3 is 4.74 Å². The van der Waals surface area contributed by atoms with Gasteiger partial charge in [0.25, 0.3) is 0 Å². The van der Waals surface area contributed by atoms with Crippen LogP contribution in [0.4, 0.5) is 0 Å². The van der Waals surface area contributed by atoms with Crippen LogP contribution in [0.15, 0.2) is 24.3 Å². The first-order valence-electron chi connectivity index (χ1n) is 6.05. The van der Waals surface area contributed by atoms with Crippen LogP contribution in [-0.2, 0) is 6.42 Å². The van der Waals surface area contributed by atoms with Gasteiger partial charge in [-0.1, -0.05) is 31.4 Å². The second-order valence-electron chi connectivity index (χ2n) is 4.69. The van der Waals surface area contributed by atoms with Gasteiger partial charge in [0.2, 0.25) is 0 Å². The van der Waals surface area contributed by atoms with Gasteiger partial charge in [-0.2, -0.15) is 0 Å². The number of hydrogen-bond acceptors (Lipinski definition) is 1. The first kappa shape index (κ1) is 11.8. The Kier molecular flexibility index (Phi) is 4.11. The standard InChI is InChI=1S/C14H19ClO/c1-16-14-7-3-6-12(10-14)9-13(15)8-11-4-2-5-11/h3,6-7,10-11,13H,2,4-5,8-9H2,1H3. The van der Waals surface area contributed by atoms with Crippen molar-refractivity contribution in [2.45, 2.75) is 37.5 Å². The fourth-order valence-electron chi connectivity index (χ4n) is 2.23. The van der Waals surface area contributed by atoms with Crippen molar-refractivity contribution in [3.05, 3.63) is 29.8 Å². The van der Waals surface area contributed by atoms with Crippen LogP contribution in [-0.4, -0.2) is 12.5 Å². The van der Waals surface area contributed by atoms with E-state index in [0.29, 0.717) is 0 Å². The molecule has 2 heteroatoms. The van der Waals surface area contributed by atoms with Crippen molar-refractivity contribution in [1.29, 1.82) is 0 Å². The number of benzene rings is 1. The molecule has 2 rings (SSSR count). The minimum Gasteiger partial charge on any atom is -0.497 e. The predicted octanol–water partition coefficient (Wildman–Crippen LogP) is 4.04. The van der Waals surface area contributed by atoms with Gasteiger partial charge in [-0.3, -0.25) is 0 Å². The van der Waals surface area contributed by atoms with E-state index in [1.807, 2.05) is 12.1 Å². The Balaban J connectivity index is 1.86. The smallest absolute Gasteiger partial charge is 0.119 e. The molecule has 1 fully saturated rings. The third-order valence-corrected chi connectivity index (χ3v) is 3.74. The van der Waals surface area contributed by atoms with Gasteiger partial charge in [0.15, 0.2) is 0 Å². The number of alkyl halides is 1. The first-order chi connectivity index (χ1) is 7.78. The maximum atomic E-state index is 6.38. The Morgan fingerprint density at radius 2 is 2.25 bits per heavy atom. The Hall–Kier alpha value is -0.690. The SMILES string of the molecule is COc1cccc(CC(Cl)CC2CCC2)c1. The van der Waals surface area contributed by atoms with Gasteiger partial charge in [-0.25, -0.2) is 0 Å². The molecule has 0 radical (unpaired) electrons. The third-order valence-electron chi connectivity index (χ3n) is 3.41. The molecule has 1 nitrogen and oxygen atoms in total. The molecule has 0 heterocycles. The monoisotopic (exact) mass is 238 g/mol. The molecule has 0 aliphatic heterocycles. The fourth-order valence-corrected chi connectivity index (χ4v) is 2.66. The lowest BCUT2D eigenvalue weighted by Crippen LogP contribution is -2.17. The molecule has 16 heavy (non-hydrogen) atoms. The number of methoxy groups -OCH3 is 1. The highest BCUT2D eigenvalue weighted by Gasteiger charge is 2.21. The molecule has 1 aromatic carbocycles. The van der Waals surface area contributed by atoms with E-state index in [2.05, 4.69) is 12.1 Å². The highest BCUT2D eigenvalue weighted by molar-refractivity contribution is 6.20. The van der Waals surface area contributed by atoms with E-state index in [9.17, 15) is 0 Å². The molecular formula is C14H19ClO. The van der Waals surface area contributed by atoms with E-state index >= 15 is 0 Å². The molecule has 0 spiro atoms. The Labute approximate surface area is 103 Å². The fraction of sp³-hybridized carbons (Fsp3) is 0.571. The normalized spacial score (nSPS) is 17.9. The molecule has 0 amide bonds. The quantitative estimate of drug-likeness (QED) is 0.704. The van der Waals surface area contributed by atoms with Crippen LogP contribution in [0.3, 0.4) is 0 Å².